The molecule has 1 aliphatic heterocycles. The normalized spacial score (nSPS) is 16.4. The molecule has 2 rings (SSSR count). The van der Waals surface area contributed by atoms with E-state index in [0.717, 1.165) is 4.90 Å². The van der Waals surface area contributed by atoms with Gasteiger partial charge in [0.05, 0.1) is 10.3 Å². The number of imide groups is 1. The summed E-state index contributed by atoms with van der Waals surface area (Å²) in [6, 6.07) is 4.75. The molecule has 0 aromatic heterocycles. The highest BCUT2D eigenvalue weighted by molar-refractivity contribution is 8.00. The molecular formula is C12H12Cl2N2O2S. The maximum Gasteiger partial charge on any atom is 0.324 e. The van der Waals surface area contributed by atoms with Crippen LogP contribution < -0.4 is 5.32 Å². The third-order valence-corrected chi connectivity index (χ3v) is 4.49. The van der Waals surface area contributed by atoms with Crippen molar-refractivity contribution in [2.45, 2.75) is 17.1 Å². The van der Waals surface area contributed by atoms with Gasteiger partial charge in [-0.25, -0.2) is 4.79 Å². The number of nitrogens with one attached hydrogen (secondary N) is 1. The molecule has 0 saturated carbocycles. The molecule has 1 aromatic rings. The Kier molecular flexibility index (Phi) is 4.60. The second kappa shape index (κ2) is 6.03. The van der Waals surface area contributed by atoms with Gasteiger partial charge in [-0.2, -0.15) is 0 Å². The molecule has 102 valence electrons. The number of carbonyl (C=O) groups is 2. The lowest BCUT2D eigenvalue weighted by Gasteiger charge is -2.17. The van der Waals surface area contributed by atoms with Crippen LogP contribution in [0.3, 0.4) is 0 Å². The number of hydrogen-bond acceptors (Lipinski definition) is 3. The smallest absolute Gasteiger partial charge is 0.324 e. The number of benzene rings is 1. The molecule has 1 aromatic carbocycles. The van der Waals surface area contributed by atoms with Crippen molar-refractivity contribution in [3.05, 3.63) is 28.2 Å². The topological polar surface area (TPSA) is 49.4 Å². The van der Waals surface area contributed by atoms with Gasteiger partial charge in [0, 0.05) is 23.0 Å². The first kappa shape index (κ1) is 14.5. The second-order valence-corrected chi connectivity index (χ2v) is 6.28. The number of rotatable bonds is 3. The molecule has 1 atom stereocenters. The predicted octanol–water partition coefficient (Wildman–Crippen LogP) is 3.03. The molecule has 0 unspecified atom stereocenters. The lowest BCUT2D eigenvalue weighted by molar-refractivity contribution is -0.126. The summed E-state index contributed by atoms with van der Waals surface area (Å²) in [7, 11) is 0. The zero-order chi connectivity index (χ0) is 14.0. The van der Waals surface area contributed by atoms with E-state index in [1.807, 2.05) is 0 Å². The highest BCUT2D eigenvalue weighted by Crippen LogP contribution is 2.33. The Morgan fingerprint density at radius 1 is 1.47 bits per heavy atom. The number of halogens is 2. The summed E-state index contributed by atoms with van der Waals surface area (Å²) < 4.78 is 0. The van der Waals surface area contributed by atoms with Crippen LogP contribution in [0.15, 0.2) is 23.1 Å². The van der Waals surface area contributed by atoms with Gasteiger partial charge in [-0.05, 0) is 25.1 Å². The molecule has 0 aliphatic carbocycles. The Hall–Kier alpha value is -0.910. The average Bonchev–Trinajstić information content (AvgIpc) is 2.79. The van der Waals surface area contributed by atoms with Crippen molar-refractivity contribution in [2.75, 3.05) is 13.1 Å². The van der Waals surface area contributed by atoms with E-state index in [1.165, 1.54) is 16.7 Å². The molecule has 0 bridgehead atoms. The summed E-state index contributed by atoms with van der Waals surface area (Å²) in [4.78, 5) is 25.5. The second-order valence-electron chi connectivity index (χ2n) is 4.06. The van der Waals surface area contributed by atoms with Gasteiger partial charge >= 0.3 is 6.03 Å². The van der Waals surface area contributed by atoms with Crippen molar-refractivity contribution < 1.29 is 9.59 Å². The summed E-state index contributed by atoms with van der Waals surface area (Å²) >= 11 is 13.2. The molecule has 3 amide bonds. The highest BCUT2D eigenvalue weighted by atomic mass is 35.5. The van der Waals surface area contributed by atoms with Crippen molar-refractivity contribution in [1.82, 2.24) is 10.2 Å². The van der Waals surface area contributed by atoms with Crippen molar-refractivity contribution >= 4 is 46.9 Å². The van der Waals surface area contributed by atoms with Crippen LogP contribution in [-0.4, -0.2) is 35.2 Å². The Labute approximate surface area is 125 Å². The summed E-state index contributed by atoms with van der Waals surface area (Å²) in [6.45, 7) is 2.65. The van der Waals surface area contributed by atoms with Gasteiger partial charge in [0.2, 0.25) is 5.91 Å². The zero-order valence-electron chi connectivity index (χ0n) is 10.2. The number of urea groups is 1. The van der Waals surface area contributed by atoms with Gasteiger partial charge in [0.15, 0.2) is 0 Å². The van der Waals surface area contributed by atoms with Crippen LogP contribution in [0.25, 0.3) is 0 Å². The van der Waals surface area contributed by atoms with Crippen LogP contribution in [-0.2, 0) is 4.79 Å². The van der Waals surface area contributed by atoms with Crippen LogP contribution in [0.1, 0.15) is 6.92 Å². The molecule has 19 heavy (non-hydrogen) atoms. The van der Waals surface area contributed by atoms with Crippen molar-refractivity contribution in [1.29, 1.82) is 0 Å². The molecule has 4 nitrogen and oxygen atoms in total. The fraction of sp³-hybridized carbons (Fsp3) is 0.333. The van der Waals surface area contributed by atoms with Crippen LogP contribution in [0.5, 0.6) is 0 Å². The quantitative estimate of drug-likeness (QED) is 0.871. The van der Waals surface area contributed by atoms with Gasteiger partial charge in [-0.1, -0.05) is 23.2 Å². The molecule has 0 spiro atoms. The standard InChI is InChI=1S/C12H12Cl2N2O2S/c1-7(11(17)16-5-4-15-12(16)18)19-10-6-8(13)2-3-9(10)14/h2-3,6-7H,4-5H2,1H3,(H,15,18)/t7-/m0/s1. The van der Waals surface area contributed by atoms with Gasteiger partial charge < -0.3 is 5.32 Å². The SMILES string of the molecule is C[C@H](Sc1cc(Cl)ccc1Cl)C(=O)N1CCNC1=O. The fourth-order valence-electron chi connectivity index (χ4n) is 1.71. The minimum atomic E-state index is -0.403. The van der Waals surface area contributed by atoms with Crippen molar-refractivity contribution in [3.8, 4) is 0 Å². The summed E-state index contributed by atoms with van der Waals surface area (Å²) in [6.07, 6.45) is 0. The summed E-state index contributed by atoms with van der Waals surface area (Å²) in [5, 5.41) is 3.30. The maximum absolute atomic E-state index is 12.1. The van der Waals surface area contributed by atoms with Gasteiger partial charge in [0.25, 0.3) is 0 Å². The Morgan fingerprint density at radius 3 is 2.84 bits per heavy atom. The zero-order valence-corrected chi connectivity index (χ0v) is 12.5. The predicted molar refractivity (Wildman–Crippen MR) is 76.9 cm³/mol. The number of hydrogen-bond donors (Lipinski definition) is 1. The molecule has 1 aliphatic rings. The van der Waals surface area contributed by atoms with E-state index in [2.05, 4.69) is 5.32 Å². The molecule has 1 fully saturated rings. The lowest BCUT2D eigenvalue weighted by atomic mass is 10.4. The van der Waals surface area contributed by atoms with E-state index in [4.69, 9.17) is 23.2 Å². The van der Waals surface area contributed by atoms with Gasteiger partial charge in [-0.3, -0.25) is 9.69 Å². The Balaban J connectivity index is 2.08. The minimum absolute atomic E-state index is 0.226. The Morgan fingerprint density at radius 2 is 2.21 bits per heavy atom. The van der Waals surface area contributed by atoms with Crippen molar-refractivity contribution in [2.24, 2.45) is 0 Å². The summed E-state index contributed by atoms with van der Waals surface area (Å²) in [5.41, 5.74) is 0. The molecule has 0 radical (unpaired) electrons. The first-order valence-electron chi connectivity index (χ1n) is 5.70. The number of amides is 3. The monoisotopic (exact) mass is 318 g/mol. The van der Waals surface area contributed by atoms with Gasteiger partial charge in [-0.15, -0.1) is 11.8 Å². The van der Waals surface area contributed by atoms with E-state index in [1.54, 1.807) is 25.1 Å². The lowest BCUT2D eigenvalue weighted by Crippen LogP contribution is -2.38. The molecule has 1 N–H and O–H groups in total. The Bertz CT molecular complexity index is 524. The van der Waals surface area contributed by atoms with Gasteiger partial charge in [0.1, 0.15) is 0 Å². The van der Waals surface area contributed by atoms with E-state index in [9.17, 15) is 9.59 Å². The largest absolute Gasteiger partial charge is 0.336 e. The molecular weight excluding hydrogens is 307 g/mol. The number of nitrogens with zero attached hydrogens (tertiary/aromatic N) is 1. The fourth-order valence-corrected chi connectivity index (χ4v) is 3.18. The third kappa shape index (κ3) is 3.35. The number of carbonyl (C=O) groups excluding carboxylic acids is 2. The maximum atomic E-state index is 12.1. The first-order valence-corrected chi connectivity index (χ1v) is 7.33. The average molecular weight is 319 g/mol. The third-order valence-electron chi connectivity index (χ3n) is 2.67. The van der Waals surface area contributed by atoms with E-state index >= 15 is 0 Å². The van der Waals surface area contributed by atoms with Crippen LogP contribution in [0.2, 0.25) is 10.0 Å². The summed E-state index contributed by atoms with van der Waals surface area (Å²) in [5.74, 6) is -0.226. The highest BCUT2D eigenvalue weighted by Gasteiger charge is 2.30. The van der Waals surface area contributed by atoms with E-state index < -0.39 is 5.25 Å². The van der Waals surface area contributed by atoms with Crippen LogP contribution >= 0.6 is 35.0 Å². The first-order chi connectivity index (χ1) is 8.99. The van der Waals surface area contributed by atoms with Crippen LogP contribution in [0, 0.1) is 0 Å². The van der Waals surface area contributed by atoms with E-state index in [0.29, 0.717) is 23.1 Å². The van der Waals surface area contributed by atoms with Crippen LogP contribution in [0.4, 0.5) is 4.79 Å². The minimum Gasteiger partial charge on any atom is -0.336 e. The number of thioether (sulfide) groups is 1. The van der Waals surface area contributed by atoms with E-state index in [-0.39, 0.29) is 11.9 Å². The molecule has 1 saturated heterocycles. The molecule has 7 heteroatoms. The van der Waals surface area contributed by atoms with Crippen molar-refractivity contribution in [3.63, 3.8) is 0 Å². The molecule has 1 heterocycles.